The Balaban J connectivity index is 1.84. The van der Waals surface area contributed by atoms with Gasteiger partial charge in [0.25, 0.3) is 0 Å². The Morgan fingerprint density at radius 2 is 1.90 bits per heavy atom. The highest BCUT2D eigenvalue weighted by Crippen LogP contribution is 2.35. The minimum Gasteiger partial charge on any atom is -0.388 e. The maximum Gasteiger partial charge on any atom is 0.130 e. The SMILES string of the molecule is OC(c1ccc(Cl)cc1F)C1CCc2ccccc2C1. The van der Waals surface area contributed by atoms with E-state index in [1.807, 2.05) is 12.1 Å². The van der Waals surface area contributed by atoms with E-state index in [9.17, 15) is 9.50 Å². The zero-order valence-electron chi connectivity index (χ0n) is 11.0. The molecule has 20 heavy (non-hydrogen) atoms. The molecule has 1 aliphatic rings. The van der Waals surface area contributed by atoms with Gasteiger partial charge in [-0.3, -0.25) is 0 Å². The van der Waals surface area contributed by atoms with Crippen molar-refractivity contribution in [3.63, 3.8) is 0 Å². The molecule has 0 bridgehead atoms. The van der Waals surface area contributed by atoms with E-state index in [0.29, 0.717) is 10.6 Å². The number of fused-ring (bicyclic) bond motifs is 1. The van der Waals surface area contributed by atoms with Crippen molar-refractivity contribution in [2.75, 3.05) is 0 Å². The number of rotatable bonds is 2. The van der Waals surface area contributed by atoms with Crippen LogP contribution in [0.4, 0.5) is 4.39 Å². The Bertz CT molecular complexity index is 626. The molecule has 0 aliphatic heterocycles. The summed E-state index contributed by atoms with van der Waals surface area (Å²) in [6.45, 7) is 0. The van der Waals surface area contributed by atoms with Gasteiger partial charge in [-0.1, -0.05) is 41.9 Å². The second kappa shape index (κ2) is 5.55. The van der Waals surface area contributed by atoms with Crippen LogP contribution in [0.2, 0.25) is 5.02 Å². The summed E-state index contributed by atoms with van der Waals surface area (Å²) < 4.78 is 13.9. The van der Waals surface area contributed by atoms with E-state index in [2.05, 4.69) is 12.1 Å². The van der Waals surface area contributed by atoms with E-state index in [-0.39, 0.29) is 5.92 Å². The molecule has 3 heteroatoms. The number of benzene rings is 2. The fraction of sp³-hybridized carbons (Fsp3) is 0.294. The molecule has 0 spiro atoms. The first-order valence-corrected chi connectivity index (χ1v) is 7.23. The number of hydrogen-bond acceptors (Lipinski definition) is 1. The Morgan fingerprint density at radius 1 is 1.15 bits per heavy atom. The molecular formula is C17H16ClFO. The van der Waals surface area contributed by atoms with Crippen molar-refractivity contribution >= 4 is 11.6 Å². The Kier molecular flexibility index (Phi) is 3.77. The van der Waals surface area contributed by atoms with Crippen molar-refractivity contribution < 1.29 is 9.50 Å². The van der Waals surface area contributed by atoms with Gasteiger partial charge in [-0.25, -0.2) is 4.39 Å². The van der Waals surface area contributed by atoms with Gasteiger partial charge in [0.1, 0.15) is 5.82 Å². The molecule has 0 saturated heterocycles. The molecular weight excluding hydrogens is 275 g/mol. The predicted molar refractivity (Wildman–Crippen MR) is 78.3 cm³/mol. The summed E-state index contributed by atoms with van der Waals surface area (Å²) in [7, 11) is 0. The average molecular weight is 291 g/mol. The molecule has 0 aromatic heterocycles. The third-order valence-corrected chi connectivity index (χ3v) is 4.35. The van der Waals surface area contributed by atoms with Crippen molar-refractivity contribution in [2.45, 2.75) is 25.4 Å². The number of aryl methyl sites for hydroxylation is 1. The smallest absolute Gasteiger partial charge is 0.130 e. The highest BCUT2D eigenvalue weighted by Gasteiger charge is 2.27. The van der Waals surface area contributed by atoms with Gasteiger partial charge in [0.2, 0.25) is 0 Å². The van der Waals surface area contributed by atoms with E-state index >= 15 is 0 Å². The fourth-order valence-electron chi connectivity index (χ4n) is 2.99. The number of halogens is 2. The standard InChI is InChI=1S/C17H16ClFO/c18-14-7-8-15(16(19)10-14)17(20)13-6-5-11-3-1-2-4-12(11)9-13/h1-4,7-8,10,13,17,20H,5-6,9H2. The van der Waals surface area contributed by atoms with Crippen LogP contribution in [0.1, 0.15) is 29.2 Å². The minimum absolute atomic E-state index is 0.0561. The average Bonchev–Trinajstić information content (AvgIpc) is 2.46. The van der Waals surface area contributed by atoms with Crippen molar-refractivity contribution in [2.24, 2.45) is 5.92 Å². The first kappa shape index (κ1) is 13.6. The molecule has 0 saturated carbocycles. The van der Waals surface area contributed by atoms with Crippen LogP contribution in [-0.2, 0) is 12.8 Å². The van der Waals surface area contributed by atoms with E-state index in [4.69, 9.17) is 11.6 Å². The summed E-state index contributed by atoms with van der Waals surface area (Å²) in [6, 6.07) is 12.7. The van der Waals surface area contributed by atoms with Gasteiger partial charge in [-0.05, 0) is 48.4 Å². The van der Waals surface area contributed by atoms with Crippen LogP contribution in [0.3, 0.4) is 0 Å². The molecule has 2 aromatic rings. The molecule has 0 amide bonds. The third kappa shape index (κ3) is 2.58. The number of aliphatic hydroxyl groups excluding tert-OH is 1. The zero-order valence-corrected chi connectivity index (χ0v) is 11.8. The van der Waals surface area contributed by atoms with Crippen LogP contribution in [-0.4, -0.2) is 5.11 Å². The summed E-state index contributed by atoms with van der Waals surface area (Å²) in [5.74, 6) is -0.371. The normalized spacial score (nSPS) is 19.4. The van der Waals surface area contributed by atoms with Gasteiger partial charge >= 0.3 is 0 Å². The molecule has 2 atom stereocenters. The number of aliphatic hydroxyl groups is 1. The van der Waals surface area contributed by atoms with Crippen LogP contribution in [0.5, 0.6) is 0 Å². The first-order chi connectivity index (χ1) is 9.65. The van der Waals surface area contributed by atoms with Crippen molar-refractivity contribution in [3.05, 3.63) is 70.0 Å². The highest BCUT2D eigenvalue weighted by atomic mass is 35.5. The summed E-state index contributed by atoms with van der Waals surface area (Å²) in [5.41, 5.74) is 2.95. The van der Waals surface area contributed by atoms with Crippen LogP contribution < -0.4 is 0 Å². The first-order valence-electron chi connectivity index (χ1n) is 6.85. The maximum atomic E-state index is 13.9. The topological polar surface area (TPSA) is 20.2 Å². The van der Waals surface area contributed by atoms with Gasteiger partial charge in [0.05, 0.1) is 6.10 Å². The molecule has 0 fully saturated rings. The molecule has 2 aromatic carbocycles. The maximum absolute atomic E-state index is 13.9. The Hall–Kier alpha value is -1.38. The highest BCUT2D eigenvalue weighted by molar-refractivity contribution is 6.30. The van der Waals surface area contributed by atoms with Gasteiger partial charge in [-0.15, -0.1) is 0 Å². The molecule has 0 radical (unpaired) electrons. The molecule has 0 heterocycles. The van der Waals surface area contributed by atoms with Crippen LogP contribution in [0, 0.1) is 11.7 Å². The van der Waals surface area contributed by atoms with Gasteiger partial charge in [-0.2, -0.15) is 0 Å². The van der Waals surface area contributed by atoms with Crippen molar-refractivity contribution in [1.29, 1.82) is 0 Å². The van der Waals surface area contributed by atoms with E-state index in [1.54, 1.807) is 12.1 Å². The summed E-state index contributed by atoms with van der Waals surface area (Å²) in [6.07, 6.45) is 1.83. The van der Waals surface area contributed by atoms with Gasteiger partial charge in [0.15, 0.2) is 0 Å². The largest absolute Gasteiger partial charge is 0.388 e. The fourth-order valence-corrected chi connectivity index (χ4v) is 3.15. The van der Waals surface area contributed by atoms with Crippen molar-refractivity contribution in [1.82, 2.24) is 0 Å². The lowest BCUT2D eigenvalue weighted by Crippen LogP contribution is -2.21. The summed E-state index contributed by atoms with van der Waals surface area (Å²) >= 11 is 5.75. The molecule has 2 unspecified atom stereocenters. The minimum atomic E-state index is -0.777. The Morgan fingerprint density at radius 3 is 2.65 bits per heavy atom. The quantitative estimate of drug-likeness (QED) is 0.873. The van der Waals surface area contributed by atoms with Crippen LogP contribution in [0.25, 0.3) is 0 Å². The van der Waals surface area contributed by atoms with Crippen LogP contribution >= 0.6 is 11.6 Å². The zero-order chi connectivity index (χ0) is 14.1. The van der Waals surface area contributed by atoms with Crippen LogP contribution in [0.15, 0.2) is 42.5 Å². The van der Waals surface area contributed by atoms with Gasteiger partial charge in [0, 0.05) is 10.6 Å². The molecule has 3 rings (SSSR count). The second-order valence-corrected chi connectivity index (χ2v) is 5.82. The predicted octanol–water partition coefficient (Wildman–Crippen LogP) is 4.32. The van der Waals surface area contributed by atoms with E-state index < -0.39 is 11.9 Å². The molecule has 1 nitrogen and oxygen atoms in total. The monoisotopic (exact) mass is 290 g/mol. The molecule has 104 valence electrons. The van der Waals surface area contributed by atoms with E-state index in [1.165, 1.54) is 17.2 Å². The Labute approximate surface area is 123 Å². The molecule has 1 aliphatic carbocycles. The molecule has 1 N–H and O–H groups in total. The lowest BCUT2D eigenvalue weighted by molar-refractivity contribution is 0.0959. The summed E-state index contributed by atoms with van der Waals surface area (Å²) in [5, 5.41) is 10.8. The van der Waals surface area contributed by atoms with Crippen molar-refractivity contribution in [3.8, 4) is 0 Å². The second-order valence-electron chi connectivity index (χ2n) is 5.38. The third-order valence-electron chi connectivity index (χ3n) is 4.11. The number of hydrogen-bond donors (Lipinski definition) is 1. The lowest BCUT2D eigenvalue weighted by atomic mass is 9.79. The summed E-state index contributed by atoms with van der Waals surface area (Å²) in [4.78, 5) is 0. The van der Waals surface area contributed by atoms with E-state index in [0.717, 1.165) is 19.3 Å². The lowest BCUT2D eigenvalue weighted by Gasteiger charge is -2.29. The van der Waals surface area contributed by atoms with Gasteiger partial charge < -0.3 is 5.11 Å².